The molecule has 0 aliphatic heterocycles. The molecule has 0 aliphatic rings. The Morgan fingerprint density at radius 2 is 1.77 bits per heavy atom. The molecule has 31 heavy (non-hydrogen) atoms. The SMILES string of the molecule is C/C=C/C(=O)NCCCCCc1nc2ccccc2n1Cc1ccc(C(C)(C)C)cc1. The van der Waals surface area contributed by atoms with Gasteiger partial charge in [-0.05, 0) is 54.5 Å². The van der Waals surface area contributed by atoms with E-state index in [1.807, 2.05) is 6.92 Å². The van der Waals surface area contributed by atoms with Gasteiger partial charge in [-0.1, -0.05) is 69.7 Å². The Balaban J connectivity index is 1.65. The van der Waals surface area contributed by atoms with Gasteiger partial charge in [-0.15, -0.1) is 0 Å². The summed E-state index contributed by atoms with van der Waals surface area (Å²) in [5, 5.41) is 2.92. The van der Waals surface area contributed by atoms with Gasteiger partial charge in [0.2, 0.25) is 5.91 Å². The summed E-state index contributed by atoms with van der Waals surface area (Å²) in [5.74, 6) is 1.13. The Bertz CT molecular complexity index is 1020. The Morgan fingerprint density at radius 3 is 2.48 bits per heavy atom. The lowest BCUT2D eigenvalue weighted by atomic mass is 9.87. The van der Waals surface area contributed by atoms with Crippen LogP contribution in [0.2, 0.25) is 0 Å². The molecule has 0 fully saturated rings. The van der Waals surface area contributed by atoms with E-state index in [9.17, 15) is 4.79 Å². The third-order valence-corrected chi connectivity index (χ3v) is 5.59. The van der Waals surface area contributed by atoms with Gasteiger partial charge < -0.3 is 9.88 Å². The van der Waals surface area contributed by atoms with E-state index in [2.05, 4.69) is 79.2 Å². The summed E-state index contributed by atoms with van der Waals surface area (Å²) in [6, 6.07) is 17.4. The van der Waals surface area contributed by atoms with Gasteiger partial charge in [-0.3, -0.25) is 4.79 Å². The van der Waals surface area contributed by atoms with Crippen molar-refractivity contribution in [3.05, 3.63) is 77.6 Å². The Morgan fingerprint density at radius 1 is 1.03 bits per heavy atom. The molecule has 164 valence electrons. The van der Waals surface area contributed by atoms with E-state index < -0.39 is 0 Å². The van der Waals surface area contributed by atoms with Crippen molar-refractivity contribution in [3.63, 3.8) is 0 Å². The highest BCUT2D eigenvalue weighted by molar-refractivity contribution is 5.87. The van der Waals surface area contributed by atoms with Crippen LogP contribution in [0.5, 0.6) is 0 Å². The Kier molecular flexibility index (Phi) is 7.67. The van der Waals surface area contributed by atoms with Crippen molar-refractivity contribution in [2.45, 2.75) is 65.3 Å². The maximum atomic E-state index is 11.5. The number of carbonyl (C=O) groups excluding carboxylic acids is 1. The molecule has 0 aliphatic carbocycles. The molecular weight excluding hydrogens is 382 g/mol. The van der Waals surface area contributed by atoms with E-state index in [0.717, 1.165) is 50.1 Å². The summed E-state index contributed by atoms with van der Waals surface area (Å²) in [4.78, 5) is 16.4. The van der Waals surface area contributed by atoms with Crippen molar-refractivity contribution in [1.29, 1.82) is 0 Å². The number of nitrogens with one attached hydrogen (secondary N) is 1. The van der Waals surface area contributed by atoms with E-state index in [1.165, 1.54) is 16.6 Å². The van der Waals surface area contributed by atoms with E-state index >= 15 is 0 Å². The summed E-state index contributed by atoms with van der Waals surface area (Å²) in [5.41, 5.74) is 5.06. The lowest BCUT2D eigenvalue weighted by Crippen LogP contribution is -2.21. The molecule has 0 saturated heterocycles. The third-order valence-electron chi connectivity index (χ3n) is 5.59. The van der Waals surface area contributed by atoms with Crippen LogP contribution < -0.4 is 5.32 Å². The number of imidazole rings is 1. The predicted molar refractivity (Wildman–Crippen MR) is 129 cm³/mol. The van der Waals surface area contributed by atoms with Gasteiger partial charge in [-0.2, -0.15) is 0 Å². The van der Waals surface area contributed by atoms with Crippen LogP contribution in [0.15, 0.2) is 60.7 Å². The zero-order chi connectivity index (χ0) is 22.3. The van der Waals surface area contributed by atoms with Gasteiger partial charge >= 0.3 is 0 Å². The van der Waals surface area contributed by atoms with Crippen molar-refractivity contribution >= 4 is 16.9 Å². The number of unbranched alkanes of at least 4 members (excludes halogenated alkanes) is 2. The summed E-state index contributed by atoms with van der Waals surface area (Å²) >= 11 is 0. The van der Waals surface area contributed by atoms with Crippen molar-refractivity contribution in [3.8, 4) is 0 Å². The highest BCUT2D eigenvalue weighted by Gasteiger charge is 2.14. The molecule has 0 unspecified atom stereocenters. The average molecular weight is 418 g/mol. The molecule has 1 aromatic heterocycles. The van der Waals surface area contributed by atoms with Crippen LogP contribution in [0, 0.1) is 0 Å². The second-order valence-electron chi connectivity index (χ2n) is 9.15. The van der Waals surface area contributed by atoms with Gasteiger partial charge in [0.1, 0.15) is 5.82 Å². The van der Waals surface area contributed by atoms with Crippen LogP contribution >= 0.6 is 0 Å². The van der Waals surface area contributed by atoms with Gasteiger partial charge in [0.15, 0.2) is 0 Å². The Labute approximate surface area is 186 Å². The fourth-order valence-electron chi connectivity index (χ4n) is 3.79. The normalized spacial score (nSPS) is 12.0. The maximum Gasteiger partial charge on any atom is 0.243 e. The van der Waals surface area contributed by atoms with Gasteiger partial charge in [-0.25, -0.2) is 4.98 Å². The first-order valence-electron chi connectivity index (χ1n) is 11.3. The smallest absolute Gasteiger partial charge is 0.243 e. The second-order valence-corrected chi connectivity index (χ2v) is 9.15. The van der Waals surface area contributed by atoms with Crippen molar-refractivity contribution < 1.29 is 4.79 Å². The standard InChI is InChI=1S/C27H35N3O/c1-5-11-26(31)28-19-10-6-7-14-25-29-23-12-8-9-13-24(23)30(25)20-21-15-17-22(18-16-21)27(2,3)4/h5,8-9,11-13,15-18H,6-7,10,14,19-20H2,1-4H3,(H,28,31)/b11-5+. The molecule has 0 saturated carbocycles. The minimum Gasteiger partial charge on any atom is -0.353 e. The summed E-state index contributed by atoms with van der Waals surface area (Å²) in [6.45, 7) is 10.1. The van der Waals surface area contributed by atoms with E-state index in [-0.39, 0.29) is 11.3 Å². The van der Waals surface area contributed by atoms with Crippen LogP contribution in [-0.2, 0) is 23.2 Å². The lowest BCUT2D eigenvalue weighted by molar-refractivity contribution is -0.116. The monoisotopic (exact) mass is 417 g/mol. The fourth-order valence-corrected chi connectivity index (χ4v) is 3.79. The first-order valence-corrected chi connectivity index (χ1v) is 11.3. The molecule has 0 radical (unpaired) electrons. The number of para-hydroxylation sites is 2. The fraction of sp³-hybridized carbons (Fsp3) is 0.407. The van der Waals surface area contributed by atoms with Crippen LogP contribution in [0.4, 0.5) is 0 Å². The van der Waals surface area contributed by atoms with Crippen LogP contribution in [0.3, 0.4) is 0 Å². The number of aryl methyl sites for hydroxylation is 1. The number of fused-ring (bicyclic) bond motifs is 1. The molecule has 3 aromatic rings. The van der Waals surface area contributed by atoms with E-state index in [0.29, 0.717) is 0 Å². The largest absolute Gasteiger partial charge is 0.353 e. The zero-order valence-corrected chi connectivity index (χ0v) is 19.3. The number of carbonyl (C=O) groups is 1. The number of nitrogens with zero attached hydrogens (tertiary/aromatic N) is 2. The van der Waals surface area contributed by atoms with E-state index in [1.54, 1.807) is 12.2 Å². The van der Waals surface area contributed by atoms with Gasteiger partial charge in [0.05, 0.1) is 11.0 Å². The van der Waals surface area contributed by atoms with Gasteiger partial charge in [0, 0.05) is 19.5 Å². The first-order chi connectivity index (χ1) is 14.9. The summed E-state index contributed by atoms with van der Waals surface area (Å²) in [6.07, 6.45) is 7.38. The molecule has 0 bridgehead atoms. The number of rotatable bonds is 9. The number of benzene rings is 2. The van der Waals surface area contributed by atoms with Crippen molar-refractivity contribution in [1.82, 2.24) is 14.9 Å². The molecule has 2 aromatic carbocycles. The van der Waals surface area contributed by atoms with E-state index in [4.69, 9.17) is 4.98 Å². The highest BCUT2D eigenvalue weighted by Crippen LogP contribution is 2.24. The molecule has 1 heterocycles. The number of allylic oxidation sites excluding steroid dienone is 1. The molecule has 0 atom stereocenters. The lowest BCUT2D eigenvalue weighted by Gasteiger charge is -2.19. The minimum absolute atomic E-state index is 0.0122. The average Bonchev–Trinajstić information content (AvgIpc) is 3.08. The molecule has 1 amide bonds. The second kappa shape index (κ2) is 10.4. The molecule has 4 nitrogen and oxygen atoms in total. The van der Waals surface area contributed by atoms with Crippen molar-refractivity contribution in [2.75, 3.05) is 6.54 Å². The molecule has 3 rings (SSSR count). The number of hydrogen-bond acceptors (Lipinski definition) is 2. The molecule has 1 N–H and O–H groups in total. The molecular formula is C27H35N3O. The number of hydrogen-bond donors (Lipinski definition) is 1. The predicted octanol–water partition coefficient (Wildman–Crippen LogP) is 5.79. The van der Waals surface area contributed by atoms with Crippen LogP contribution in [0.1, 0.15) is 63.9 Å². The highest BCUT2D eigenvalue weighted by atomic mass is 16.1. The third kappa shape index (κ3) is 6.30. The molecule has 4 heteroatoms. The maximum absolute atomic E-state index is 11.5. The minimum atomic E-state index is -0.0122. The number of aromatic nitrogens is 2. The quantitative estimate of drug-likeness (QED) is 0.354. The summed E-state index contributed by atoms with van der Waals surface area (Å²) in [7, 11) is 0. The number of amides is 1. The zero-order valence-electron chi connectivity index (χ0n) is 19.3. The van der Waals surface area contributed by atoms with Crippen LogP contribution in [0.25, 0.3) is 11.0 Å². The first kappa shape index (κ1) is 22.8. The summed E-state index contributed by atoms with van der Waals surface area (Å²) < 4.78 is 2.36. The molecule has 0 spiro atoms. The topological polar surface area (TPSA) is 46.9 Å². The Hall–Kier alpha value is -2.88. The van der Waals surface area contributed by atoms with Crippen LogP contribution in [-0.4, -0.2) is 22.0 Å². The van der Waals surface area contributed by atoms with Crippen molar-refractivity contribution in [2.24, 2.45) is 0 Å². The van der Waals surface area contributed by atoms with Gasteiger partial charge in [0.25, 0.3) is 0 Å².